The molecule has 0 saturated carbocycles. The van der Waals surface area contributed by atoms with Gasteiger partial charge in [0.1, 0.15) is 5.75 Å². The van der Waals surface area contributed by atoms with Crippen molar-refractivity contribution in [1.29, 1.82) is 0 Å². The summed E-state index contributed by atoms with van der Waals surface area (Å²) >= 11 is 5.88. The Morgan fingerprint density at radius 1 is 1.44 bits per heavy atom. The molecule has 1 amide bonds. The minimum Gasteiger partial charge on any atom is -0.434 e. The highest BCUT2D eigenvalue weighted by Gasteiger charge is 2.28. The zero-order valence-electron chi connectivity index (χ0n) is 9.48. The third-order valence-electron chi connectivity index (χ3n) is 2.72. The maximum Gasteiger partial charge on any atom is 0.387 e. The lowest BCUT2D eigenvalue weighted by molar-refractivity contribution is -0.128. The van der Waals surface area contributed by atoms with Gasteiger partial charge in [-0.1, -0.05) is 18.2 Å². The monoisotopic (exact) mass is 275 g/mol. The van der Waals surface area contributed by atoms with Crippen molar-refractivity contribution in [3.05, 3.63) is 29.8 Å². The number of para-hydroxylation sites is 1. The fourth-order valence-electron chi connectivity index (χ4n) is 1.93. The molecule has 3 nitrogen and oxygen atoms in total. The van der Waals surface area contributed by atoms with Crippen LogP contribution in [0.15, 0.2) is 24.3 Å². The summed E-state index contributed by atoms with van der Waals surface area (Å²) in [7, 11) is 0. The van der Waals surface area contributed by atoms with Crippen LogP contribution in [0.4, 0.5) is 8.78 Å². The lowest BCUT2D eigenvalue weighted by Crippen LogP contribution is -2.25. The summed E-state index contributed by atoms with van der Waals surface area (Å²) in [5, 5.41) is -0.208. The maximum atomic E-state index is 12.2. The van der Waals surface area contributed by atoms with E-state index in [-0.39, 0.29) is 23.6 Å². The van der Waals surface area contributed by atoms with Crippen LogP contribution in [0, 0.1) is 0 Å². The highest BCUT2D eigenvalue weighted by molar-refractivity contribution is 6.22. The Hall–Kier alpha value is -1.36. The van der Waals surface area contributed by atoms with Crippen molar-refractivity contribution in [1.82, 2.24) is 4.90 Å². The lowest BCUT2D eigenvalue weighted by atomic mass is 10.2. The topological polar surface area (TPSA) is 29.5 Å². The molecular weight excluding hydrogens is 264 g/mol. The summed E-state index contributed by atoms with van der Waals surface area (Å²) in [6.45, 7) is -2.20. The Morgan fingerprint density at radius 2 is 2.17 bits per heavy atom. The molecule has 0 radical (unpaired) electrons. The highest BCUT2D eigenvalue weighted by atomic mass is 35.5. The number of hydrogen-bond donors (Lipinski definition) is 0. The molecule has 6 heteroatoms. The van der Waals surface area contributed by atoms with Crippen molar-refractivity contribution in [3.63, 3.8) is 0 Å². The van der Waals surface area contributed by atoms with E-state index < -0.39 is 6.61 Å². The molecule has 1 saturated heterocycles. The van der Waals surface area contributed by atoms with E-state index >= 15 is 0 Å². The van der Waals surface area contributed by atoms with E-state index in [2.05, 4.69) is 4.74 Å². The standard InChI is InChI=1S/C12H12ClF2NO2/c13-9-5-11(17)16(7-9)6-8-3-1-2-4-10(8)18-12(14)15/h1-4,9,12H,5-7H2. The Labute approximate surface area is 108 Å². The molecule has 1 aliphatic heterocycles. The van der Waals surface area contributed by atoms with Gasteiger partial charge in [-0.2, -0.15) is 8.78 Å². The second-order valence-electron chi connectivity index (χ2n) is 4.06. The summed E-state index contributed by atoms with van der Waals surface area (Å²) in [5.41, 5.74) is 0.553. The molecule has 1 heterocycles. The van der Waals surface area contributed by atoms with Crippen LogP contribution in [0.5, 0.6) is 5.75 Å². The number of benzene rings is 1. The van der Waals surface area contributed by atoms with Crippen molar-refractivity contribution in [2.75, 3.05) is 6.54 Å². The van der Waals surface area contributed by atoms with Crippen molar-refractivity contribution in [2.45, 2.75) is 25.0 Å². The number of alkyl halides is 3. The number of halogens is 3. The summed E-state index contributed by atoms with van der Waals surface area (Å²) < 4.78 is 28.9. The number of nitrogens with zero attached hydrogens (tertiary/aromatic N) is 1. The van der Waals surface area contributed by atoms with E-state index in [1.165, 1.54) is 6.07 Å². The van der Waals surface area contributed by atoms with Gasteiger partial charge < -0.3 is 9.64 Å². The van der Waals surface area contributed by atoms with E-state index in [1.54, 1.807) is 23.1 Å². The van der Waals surface area contributed by atoms with Crippen LogP contribution in [0.2, 0.25) is 0 Å². The minimum atomic E-state index is -2.87. The van der Waals surface area contributed by atoms with Crippen LogP contribution in [0.25, 0.3) is 0 Å². The SMILES string of the molecule is O=C1CC(Cl)CN1Cc1ccccc1OC(F)F. The van der Waals surface area contributed by atoms with Crippen LogP contribution in [-0.2, 0) is 11.3 Å². The Bertz CT molecular complexity index is 442. The summed E-state index contributed by atoms with van der Waals surface area (Å²) in [5.74, 6) is 0.0279. The number of carbonyl (C=O) groups is 1. The van der Waals surface area contributed by atoms with E-state index in [0.29, 0.717) is 18.5 Å². The van der Waals surface area contributed by atoms with Gasteiger partial charge in [-0.15, -0.1) is 11.6 Å². The number of rotatable bonds is 4. The minimum absolute atomic E-state index is 0.0677. The highest BCUT2D eigenvalue weighted by Crippen LogP contribution is 2.25. The zero-order chi connectivity index (χ0) is 13.1. The van der Waals surface area contributed by atoms with Crippen molar-refractivity contribution < 1.29 is 18.3 Å². The molecule has 1 aliphatic rings. The third-order valence-corrected chi connectivity index (χ3v) is 3.01. The fraction of sp³-hybridized carbons (Fsp3) is 0.417. The van der Waals surface area contributed by atoms with E-state index in [0.717, 1.165) is 0 Å². The number of likely N-dealkylation sites (tertiary alicyclic amines) is 1. The van der Waals surface area contributed by atoms with Crippen LogP contribution < -0.4 is 4.74 Å². The fourth-order valence-corrected chi connectivity index (χ4v) is 2.23. The van der Waals surface area contributed by atoms with Gasteiger partial charge >= 0.3 is 6.61 Å². The van der Waals surface area contributed by atoms with Crippen LogP contribution in [0.3, 0.4) is 0 Å². The number of carbonyl (C=O) groups excluding carboxylic acids is 1. The molecule has 0 aromatic heterocycles. The second-order valence-corrected chi connectivity index (χ2v) is 4.68. The second kappa shape index (κ2) is 5.52. The molecule has 1 aromatic carbocycles. The van der Waals surface area contributed by atoms with Gasteiger partial charge in [-0.05, 0) is 6.07 Å². The molecule has 1 aromatic rings. The molecule has 1 unspecified atom stereocenters. The van der Waals surface area contributed by atoms with E-state index in [1.807, 2.05) is 0 Å². The largest absolute Gasteiger partial charge is 0.434 e. The quantitative estimate of drug-likeness (QED) is 0.791. The summed E-state index contributed by atoms with van der Waals surface area (Å²) in [6.07, 6.45) is 0.291. The molecule has 2 rings (SSSR count). The van der Waals surface area contributed by atoms with Crippen molar-refractivity contribution in [3.8, 4) is 5.75 Å². The molecule has 0 bridgehead atoms. The van der Waals surface area contributed by atoms with Gasteiger partial charge in [0.2, 0.25) is 5.91 Å². The van der Waals surface area contributed by atoms with Gasteiger partial charge in [0.25, 0.3) is 0 Å². The molecule has 0 spiro atoms. The van der Waals surface area contributed by atoms with E-state index in [4.69, 9.17) is 11.6 Å². The molecular formula is C12H12ClF2NO2. The number of amides is 1. The van der Waals surface area contributed by atoms with Gasteiger partial charge in [-0.25, -0.2) is 0 Å². The Morgan fingerprint density at radius 3 is 2.78 bits per heavy atom. The van der Waals surface area contributed by atoms with E-state index in [9.17, 15) is 13.6 Å². The smallest absolute Gasteiger partial charge is 0.387 e. The van der Waals surface area contributed by atoms with Gasteiger partial charge in [0.05, 0.1) is 5.38 Å². The maximum absolute atomic E-state index is 12.2. The predicted molar refractivity (Wildman–Crippen MR) is 62.7 cm³/mol. The average Bonchev–Trinajstić information content (AvgIpc) is 2.59. The first-order chi connectivity index (χ1) is 8.56. The lowest BCUT2D eigenvalue weighted by Gasteiger charge is -2.18. The Balaban J connectivity index is 2.11. The molecule has 0 aliphatic carbocycles. The molecule has 18 heavy (non-hydrogen) atoms. The van der Waals surface area contributed by atoms with Gasteiger partial charge in [-0.3, -0.25) is 4.79 Å². The summed E-state index contributed by atoms with van der Waals surface area (Å²) in [6, 6.07) is 6.44. The summed E-state index contributed by atoms with van der Waals surface area (Å²) in [4.78, 5) is 13.1. The molecule has 1 fully saturated rings. The van der Waals surface area contributed by atoms with Gasteiger partial charge in [0.15, 0.2) is 0 Å². The third kappa shape index (κ3) is 3.10. The zero-order valence-corrected chi connectivity index (χ0v) is 10.2. The first kappa shape index (κ1) is 13.1. The average molecular weight is 276 g/mol. The van der Waals surface area contributed by atoms with Crippen LogP contribution in [-0.4, -0.2) is 29.3 Å². The molecule has 98 valence electrons. The molecule has 0 N–H and O–H groups in total. The van der Waals surface area contributed by atoms with Crippen molar-refractivity contribution >= 4 is 17.5 Å². The predicted octanol–water partition coefficient (Wildman–Crippen LogP) is 2.63. The van der Waals surface area contributed by atoms with Crippen LogP contribution in [0.1, 0.15) is 12.0 Å². The van der Waals surface area contributed by atoms with Crippen molar-refractivity contribution in [2.24, 2.45) is 0 Å². The number of hydrogen-bond acceptors (Lipinski definition) is 2. The molecule has 1 atom stereocenters. The van der Waals surface area contributed by atoms with Crippen LogP contribution >= 0.6 is 11.6 Å². The Kier molecular flexibility index (Phi) is 4.01. The normalized spacial score (nSPS) is 19.7. The number of ether oxygens (including phenoxy) is 1. The first-order valence-electron chi connectivity index (χ1n) is 5.51. The first-order valence-corrected chi connectivity index (χ1v) is 5.94. The van der Waals surface area contributed by atoms with Gasteiger partial charge in [0, 0.05) is 25.1 Å².